The maximum Gasteiger partial charge on any atom is 0.437 e. The number of aromatic nitrogens is 3. The van der Waals surface area contributed by atoms with E-state index in [0.29, 0.717) is 17.9 Å². The minimum absolute atomic E-state index is 0.00453. The molecule has 8 heteroatoms. The van der Waals surface area contributed by atoms with Gasteiger partial charge in [-0.05, 0) is 31.5 Å². The molecule has 0 radical (unpaired) electrons. The van der Waals surface area contributed by atoms with Crippen LogP contribution in [0.2, 0.25) is 0 Å². The molecular formula is C16H19F3N4O. The van der Waals surface area contributed by atoms with E-state index in [9.17, 15) is 13.2 Å². The van der Waals surface area contributed by atoms with Crippen LogP contribution < -0.4 is 10.5 Å². The van der Waals surface area contributed by atoms with Crippen molar-refractivity contribution in [1.29, 1.82) is 0 Å². The quantitative estimate of drug-likeness (QED) is 0.873. The molecule has 2 N–H and O–H groups in total. The van der Waals surface area contributed by atoms with E-state index in [1.54, 1.807) is 6.92 Å². The summed E-state index contributed by atoms with van der Waals surface area (Å²) in [7, 11) is 0. The zero-order chi connectivity index (χ0) is 17.7. The Morgan fingerprint density at radius 2 is 1.88 bits per heavy atom. The van der Waals surface area contributed by atoms with Gasteiger partial charge in [0.2, 0.25) is 0 Å². The summed E-state index contributed by atoms with van der Waals surface area (Å²) in [5.41, 5.74) is 5.13. The standard InChI is InChI=1S/C16H19F3N4O/c1-3-4-11(20)9-24-14-6-5-12(23-15(14)16(17,18)19)13-7-8-21-10(2)22-13/h5-8,11H,3-4,9,20H2,1-2H3. The van der Waals surface area contributed by atoms with Gasteiger partial charge < -0.3 is 10.5 Å². The molecule has 0 bridgehead atoms. The summed E-state index contributed by atoms with van der Waals surface area (Å²) < 4.78 is 45.1. The molecule has 2 aromatic heterocycles. The lowest BCUT2D eigenvalue weighted by Gasteiger charge is -2.16. The monoisotopic (exact) mass is 340 g/mol. The van der Waals surface area contributed by atoms with Crippen molar-refractivity contribution in [3.63, 3.8) is 0 Å². The maximum atomic E-state index is 13.3. The van der Waals surface area contributed by atoms with Gasteiger partial charge in [0.25, 0.3) is 0 Å². The average Bonchev–Trinajstić information content (AvgIpc) is 2.52. The molecule has 0 spiro atoms. The average molecular weight is 340 g/mol. The second-order valence-electron chi connectivity index (χ2n) is 5.39. The number of halogens is 3. The van der Waals surface area contributed by atoms with Crippen molar-refractivity contribution < 1.29 is 17.9 Å². The van der Waals surface area contributed by atoms with Crippen molar-refractivity contribution in [3.8, 4) is 17.1 Å². The van der Waals surface area contributed by atoms with Crippen molar-refractivity contribution in [1.82, 2.24) is 15.0 Å². The third-order valence-electron chi connectivity index (χ3n) is 3.28. The summed E-state index contributed by atoms with van der Waals surface area (Å²) in [4.78, 5) is 11.7. The molecule has 0 fully saturated rings. The van der Waals surface area contributed by atoms with E-state index in [4.69, 9.17) is 10.5 Å². The van der Waals surface area contributed by atoms with Gasteiger partial charge in [0.15, 0.2) is 5.69 Å². The van der Waals surface area contributed by atoms with Crippen LogP contribution in [-0.2, 0) is 6.18 Å². The number of aryl methyl sites for hydroxylation is 1. The van der Waals surface area contributed by atoms with E-state index >= 15 is 0 Å². The first-order valence-electron chi connectivity index (χ1n) is 7.58. The highest BCUT2D eigenvalue weighted by Crippen LogP contribution is 2.36. The highest BCUT2D eigenvalue weighted by atomic mass is 19.4. The van der Waals surface area contributed by atoms with E-state index in [1.165, 1.54) is 24.4 Å². The number of pyridine rings is 1. The lowest BCUT2D eigenvalue weighted by atomic mass is 10.2. The highest BCUT2D eigenvalue weighted by Gasteiger charge is 2.37. The third kappa shape index (κ3) is 4.64. The zero-order valence-corrected chi connectivity index (χ0v) is 13.5. The molecular weight excluding hydrogens is 321 g/mol. The number of nitrogens with zero attached hydrogens (tertiary/aromatic N) is 3. The molecule has 0 aliphatic heterocycles. The summed E-state index contributed by atoms with van der Waals surface area (Å²) >= 11 is 0. The van der Waals surface area contributed by atoms with Crippen LogP contribution >= 0.6 is 0 Å². The second kappa shape index (κ2) is 7.57. The van der Waals surface area contributed by atoms with Gasteiger partial charge in [-0.25, -0.2) is 15.0 Å². The fourth-order valence-electron chi connectivity index (χ4n) is 2.16. The van der Waals surface area contributed by atoms with Crippen LogP contribution in [0.5, 0.6) is 5.75 Å². The van der Waals surface area contributed by atoms with Crippen LogP contribution in [0.1, 0.15) is 31.3 Å². The van der Waals surface area contributed by atoms with Gasteiger partial charge >= 0.3 is 6.18 Å². The Kier molecular flexibility index (Phi) is 5.71. The number of hydrogen-bond acceptors (Lipinski definition) is 5. The Hall–Kier alpha value is -2.22. The molecule has 5 nitrogen and oxygen atoms in total. The van der Waals surface area contributed by atoms with Crippen molar-refractivity contribution in [2.24, 2.45) is 5.73 Å². The molecule has 0 amide bonds. The fourth-order valence-corrected chi connectivity index (χ4v) is 2.16. The van der Waals surface area contributed by atoms with Crippen LogP contribution in [0.25, 0.3) is 11.4 Å². The highest BCUT2D eigenvalue weighted by molar-refractivity contribution is 5.55. The molecule has 2 heterocycles. The summed E-state index contributed by atoms with van der Waals surface area (Å²) in [6, 6.07) is 3.88. The summed E-state index contributed by atoms with van der Waals surface area (Å²) in [5.74, 6) is 0.123. The van der Waals surface area contributed by atoms with Gasteiger partial charge in [0.05, 0.1) is 11.4 Å². The van der Waals surface area contributed by atoms with E-state index in [-0.39, 0.29) is 24.1 Å². The smallest absolute Gasteiger partial charge is 0.437 e. The summed E-state index contributed by atoms with van der Waals surface area (Å²) in [6.07, 6.45) is -1.66. The molecule has 0 saturated carbocycles. The number of hydrogen-bond donors (Lipinski definition) is 1. The van der Waals surface area contributed by atoms with Gasteiger partial charge in [-0.15, -0.1) is 0 Å². The lowest BCUT2D eigenvalue weighted by Crippen LogP contribution is -2.28. The summed E-state index contributed by atoms with van der Waals surface area (Å²) in [6.45, 7) is 3.60. The van der Waals surface area contributed by atoms with Gasteiger partial charge in [-0.1, -0.05) is 13.3 Å². The molecule has 2 rings (SSSR count). The Morgan fingerprint density at radius 1 is 1.17 bits per heavy atom. The summed E-state index contributed by atoms with van der Waals surface area (Å²) in [5, 5.41) is 0. The maximum absolute atomic E-state index is 13.3. The Labute approximate surface area is 138 Å². The molecule has 130 valence electrons. The molecule has 0 aliphatic carbocycles. The predicted molar refractivity (Wildman–Crippen MR) is 83.4 cm³/mol. The Bertz CT molecular complexity index is 691. The largest absolute Gasteiger partial charge is 0.490 e. The number of alkyl halides is 3. The lowest BCUT2D eigenvalue weighted by molar-refractivity contribution is -0.142. The Morgan fingerprint density at radius 3 is 2.50 bits per heavy atom. The first kappa shape index (κ1) is 18.1. The normalized spacial score (nSPS) is 12.9. The van der Waals surface area contributed by atoms with Crippen molar-refractivity contribution in [3.05, 3.63) is 35.9 Å². The minimum atomic E-state index is -4.64. The molecule has 1 unspecified atom stereocenters. The fraction of sp³-hybridized carbons (Fsp3) is 0.438. The SMILES string of the molecule is CCCC(N)COc1ccc(-c2ccnc(C)n2)nc1C(F)(F)F. The number of ether oxygens (including phenoxy) is 1. The molecule has 2 aromatic rings. The van der Waals surface area contributed by atoms with Gasteiger partial charge in [0, 0.05) is 12.2 Å². The van der Waals surface area contributed by atoms with Crippen molar-refractivity contribution in [2.45, 2.75) is 38.9 Å². The molecule has 0 aromatic carbocycles. The van der Waals surface area contributed by atoms with Crippen LogP contribution in [0.15, 0.2) is 24.4 Å². The molecule has 1 atom stereocenters. The first-order chi connectivity index (χ1) is 11.3. The van der Waals surface area contributed by atoms with E-state index in [0.717, 1.165) is 6.42 Å². The van der Waals surface area contributed by atoms with Gasteiger partial charge in [-0.3, -0.25) is 0 Å². The van der Waals surface area contributed by atoms with Crippen LogP contribution in [0.4, 0.5) is 13.2 Å². The Balaban J connectivity index is 2.32. The van der Waals surface area contributed by atoms with Crippen LogP contribution in [0.3, 0.4) is 0 Å². The van der Waals surface area contributed by atoms with Gasteiger partial charge in [-0.2, -0.15) is 13.2 Å². The van der Waals surface area contributed by atoms with E-state index in [1.807, 2.05) is 6.92 Å². The van der Waals surface area contributed by atoms with Crippen LogP contribution in [0, 0.1) is 6.92 Å². The molecule has 0 aliphatic rings. The molecule has 24 heavy (non-hydrogen) atoms. The second-order valence-corrected chi connectivity index (χ2v) is 5.39. The van der Waals surface area contributed by atoms with E-state index in [2.05, 4.69) is 15.0 Å². The first-order valence-corrected chi connectivity index (χ1v) is 7.58. The minimum Gasteiger partial charge on any atom is -0.490 e. The van der Waals surface area contributed by atoms with Crippen molar-refractivity contribution in [2.75, 3.05) is 6.61 Å². The number of rotatable bonds is 6. The predicted octanol–water partition coefficient (Wildman–Crippen LogP) is 3.37. The third-order valence-corrected chi connectivity index (χ3v) is 3.28. The van der Waals surface area contributed by atoms with E-state index < -0.39 is 11.9 Å². The van der Waals surface area contributed by atoms with Gasteiger partial charge in [0.1, 0.15) is 18.2 Å². The number of nitrogens with two attached hydrogens (primary N) is 1. The zero-order valence-electron chi connectivity index (χ0n) is 13.5. The van der Waals surface area contributed by atoms with Crippen molar-refractivity contribution >= 4 is 0 Å². The molecule has 0 saturated heterocycles. The topological polar surface area (TPSA) is 73.9 Å². The van der Waals surface area contributed by atoms with Crippen LogP contribution in [-0.4, -0.2) is 27.6 Å².